The first-order chi connectivity index (χ1) is 15.0. The molecule has 31 heavy (non-hydrogen) atoms. The summed E-state index contributed by atoms with van der Waals surface area (Å²) < 4.78 is 32.9. The number of ether oxygens (including phenoxy) is 1. The lowest BCUT2D eigenvalue weighted by molar-refractivity contribution is 0.0464. The van der Waals surface area contributed by atoms with Crippen LogP contribution in [0, 0.1) is 0 Å². The third kappa shape index (κ3) is 4.53. The standard InChI is InChI=1S/C22H18N2O4S3/c1-24(18-7-3-2-4-8-18)31(26,27)20-10-6-5-9-19(20)22(25)28-13-17-15-30-21(23-17)16-11-12-29-14-16/h2-12,14-15H,13H2,1H3. The topological polar surface area (TPSA) is 76.6 Å². The molecule has 0 fully saturated rings. The van der Waals surface area contributed by atoms with Crippen LogP contribution in [-0.2, 0) is 21.4 Å². The molecule has 0 saturated carbocycles. The van der Waals surface area contributed by atoms with Crippen molar-refractivity contribution in [2.45, 2.75) is 11.5 Å². The molecule has 0 amide bonds. The molecule has 158 valence electrons. The molecule has 0 radical (unpaired) electrons. The van der Waals surface area contributed by atoms with Crippen LogP contribution < -0.4 is 4.31 Å². The number of carbonyl (C=O) groups is 1. The fraction of sp³-hybridized carbons (Fsp3) is 0.0909. The summed E-state index contributed by atoms with van der Waals surface area (Å²) >= 11 is 3.05. The highest BCUT2D eigenvalue weighted by atomic mass is 32.2. The molecular formula is C22H18N2O4S3. The van der Waals surface area contributed by atoms with E-state index in [1.807, 2.05) is 22.2 Å². The zero-order chi connectivity index (χ0) is 21.8. The van der Waals surface area contributed by atoms with Gasteiger partial charge in [-0.05, 0) is 35.7 Å². The van der Waals surface area contributed by atoms with E-state index in [1.54, 1.807) is 53.8 Å². The molecule has 0 unspecified atom stereocenters. The third-order valence-corrected chi connectivity index (χ3v) is 8.00. The Bertz CT molecular complexity index is 1280. The number of rotatable bonds is 7. The average Bonchev–Trinajstić information content (AvgIpc) is 3.49. The number of para-hydroxylation sites is 1. The quantitative estimate of drug-likeness (QED) is 0.353. The summed E-state index contributed by atoms with van der Waals surface area (Å²) in [6, 6.07) is 16.7. The molecule has 6 nitrogen and oxygen atoms in total. The lowest BCUT2D eigenvalue weighted by Crippen LogP contribution is -2.28. The van der Waals surface area contributed by atoms with Crippen LogP contribution in [0.5, 0.6) is 0 Å². The van der Waals surface area contributed by atoms with Crippen LogP contribution in [0.1, 0.15) is 16.1 Å². The van der Waals surface area contributed by atoms with Gasteiger partial charge in [-0.2, -0.15) is 11.3 Å². The minimum absolute atomic E-state index is 0.0152. The van der Waals surface area contributed by atoms with E-state index in [1.165, 1.54) is 30.5 Å². The molecule has 4 aromatic rings. The highest BCUT2D eigenvalue weighted by Crippen LogP contribution is 2.27. The minimum Gasteiger partial charge on any atom is -0.456 e. The first kappa shape index (κ1) is 21.2. The molecule has 0 saturated heterocycles. The van der Waals surface area contributed by atoms with Crippen LogP contribution >= 0.6 is 22.7 Å². The molecule has 0 atom stereocenters. The van der Waals surface area contributed by atoms with Crippen molar-refractivity contribution in [2.24, 2.45) is 0 Å². The van der Waals surface area contributed by atoms with Crippen LogP contribution in [0.15, 0.2) is 81.7 Å². The van der Waals surface area contributed by atoms with Gasteiger partial charge in [0.05, 0.1) is 16.9 Å². The first-order valence-electron chi connectivity index (χ1n) is 9.24. The highest BCUT2D eigenvalue weighted by Gasteiger charge is 2.27. The zero-order valence-electron chi connectivity index (χ0n) is 16.5. The molecule has 0 aliphatic rings. The predicted molar refractivity (Wildman–Crippen MR) is 123 cm³/mol. The van der Waals surface area contributed by atoms with Crippen LogP contribution in [0.2, 0.25) is 0 Å². The molecule has 2 aromatic heterocycles. The normalized spacial score (nSPS) is 11.3. The number of carbonyl (C=O) groups excluding carboxylic acids is 1. The van der Waals surface area contributed by atoms with Gasteiger partial charge < -0.3 is 4.74 Å². The number of hydrogen-bond donors (Lipinski definition) is 0. The maximum Gasteiger partial charge on any atom is 0.339 e. The molecule has 0 spiro atoms. The Hall–Kier alpha value is -3.01. The molecule has 0 N–H and O–H groups in total. The van der Waals surface area contributed by atoms with Crippen molar-refractivity contribution in [2.75, 3.05) is 11.4 Å². The van der Waals surface area contributed by atoms with E-state index in [-0.39, 0.29) is 17.1 Å². The predicted octanol–water partition coefficient (Wildman–Crippen LogP) is 5.05. The Morgan fingerprint density at radius 3 is 2.52 bits per heavy atom. The number of sulfonamides is 1. The van der Waals surface area contributed by atoms with Gasteiger partial charge >= 0.3 is 5.97 Å². The SMILES string of the molecule is CN(c1ccccc1)S(=O)(=O)c1ccccc1C(=O)OCc1csc(-c2ccsc2)n1. The Morgan fingerprint density at radius 1 is 1.03 bits per heavy atom. The summed E-state index contributed by atoms with van der Waals surface area (Å²) in [7, 11) is -2.50. The lowest BCUT2D eigenvalue weighted by atomic mass is 10.2. The van der Waals surface area contributed by atoms with Crippen LogP contribution in [0.25, 0.3) is 10.6 Å². The van der Waals surface area contributed by atoms with E-state index in [2.05, 4.69) is 4.98 Å². The summed E-state index contributed by atoms with van der Waals surface area (Å²) in [5, 5.41) is 6.64. The van der Waals surface area contributed by atoms with Gasteiger partial charge in [-0.15, -0.1) is 11.3 Å². The molecule has 4 rings (SSSR count). The van der Waals surface area contributed by atoms with Crippen molar-refractivity contribution in [3.8, 4) is 10.6 Å². The number of nitrogens with zero attached hydrogens (tertiary/aromatic N) is 2. The summed E-state index contributed by atoms with van der Waals surface area (Å²) in [5.74, 6) is -0.717. The second-order valence-electron chi connectivity index (χ2n) is 6.54. The van der Waals surface area contributed by atoms with Gasteiger partial charge in [0.1, 0.15) is 16.5 Å². The number of thiophene rings is 1. The smallest absolute Gasteiger partial charge is 0.339 e. The minimum atomic E-state index is -3.96. The monoisotopic (exact) mass is 470 g/mol. The van der Waals surface area contributed by atoms with Crippen molar-refractivity contribution in [1.29, 1.82) is 0 Å². The first-order valence-corrected chi connectivity index (χ1v) is 12.5. The number of thiazole rings is 1. The van der Waals surface area contributed by atoms with E-state index in [0.29, 0.717) is 11.4 Å². The third-order valence-electron chi connectivity index (χ3n) is 4.54. The van der Waals surface area contributed by atoms with E-state index in [9.17, 15) is 13.2 Å². The largest absolute Gasteiger partial charge is 0.456 e. The second-order valence-corrected chi connectivity index (χ2v) is 10.1. The van der Waals surface area contributed by atoms with E-state index in [0.717, 1.165) is 14.9 Å². The molecule has 0 aliphatic carbocycles. The highest BCUT2D eigenvalue weighted by molar-refractivity contribution is 7.92. The molecule has 2 aromatic carbocycles. The molecule has 0 aliphatic heterocycles. The Kier molecular flexibility index (Phi) is 6.17. The van der Waals surface area contributed by atoms with Gasteiger partial charge in [-0.3, -0.25) is 4.31 Å². The number of esters is 1. The number of anilines is 1. The molecular weight excluding hydrogens is 452 g/mol. The Morgan fingerprint density at radius 2 is 1.77 bits per heavy atom. The number of benzene rings is 2. The maximum atomic E-state index is 13.2. The van der Waals surface area contributed by atoms with Gasteiger partial charge in [-0.25, -0.2) is 18.2 Å². The number of aromatic nitrogens is 1. The van der Waals surface area contributed by atoms with E-state index < -0.39 is 16.0 Å². The average molecular weight is 471 g/mol. The summed E-state index contributed by atoms with van der Waals surface area (Å²) in [5.41, 5.74) is 2.11. The maximum absolute atomic E-state index is 13.2. The van der Waals surface area contributed by atoms with Crippen molar-refractivity contribution in [3.63, 3.8) is 0 Å². The van der Waals surface area contributed by atoms with E-state index >= 15 is 0 Å². The van der Waals surface area contributed by atoms with E-state index in [4.69, 9.17) is 4.74 Å². The fourth-order valence-electron chi connectivity index (χ4n) is 2.89. The molecule has 0 bridgehead atoms. The zero-order valence-corrected chi connectivity index (χ0v) is 18.9. The van der Waals surface area contributed by atoms with Gasteiger partial charge in [0.25, 0.3) is 10.0 Å². The van der Waals surface area contributed by atoms with Gasteiger partial charge in [0.2, 0.25) is 0 Å². The fourth-order valence-corrected chi connectivity index (χ4v) is 5.78. The van der Waals surface area contributed by atoms with Gasteiger partial charge in [-0.1, -0.05) is 30.3 Å². The van der Waals surface area contributed by atoms with Crippen LogP contribution in [0.3, 0.4) is 0 Å². The van der Waals surface area contributed by atoms with Crippen molar-refractivity contribution in [3.05, 3.63) is 88.1 Å². The van der Waals surface area contributed by atoms with Crippen molar-refractivity contribution >= 4 is 44.4 Å². The summed E-state index contributed by atoms with van der Waals surface area (Å²) in [6.07, 6.45) is 0. The summed E-state index contributed by atoms with van der Waals surface area (Å²) in [4.78, 5) is 17.1. The second kappa shape index (κ2) is 9.01. The van der Waals surface area contributed by atoms with Crippen molar-refractivity contribution in [1.82, 2.24) is 4.98 Å². The van der Waals surface area contributed by atoms with Gasteiger partial charge in [0.15, 0.2) is 0 Å². The molecule has 2 heterocycles. The Labute approximate surface area is 188 Å². The van der Waals surface area contributed by atoms with Gasteiger partial charge in [0, 0.05) is 23.4 Å². The molecule has 9 heteroatoms. The van der Waals surface area contributed by atoms with Crippen LogP contribution in [0.4, 0.5) is 5.69 Å². The van der Waals surface area contributed by atoms with Crippen LogP contribution in [-0.4, -0.2) is 26.4 Å². The van der Waals surface area contributed by atoms with Crippen molar-refractivity contribution < 1.29 is 17.9 Å². The summed E-state index contributed by atoms with van der Waals surface area (Å²) in [6.45, 7) is -0.0393. The number of hydrogen-bond acceptors (Lipinski definition) is 7. The Balaban J connectivity index is 1.53. The lowest BCUT2D eigenvalue weighted by Gasteiger charge is -2.20.